The number of ether oxygens (including phenoxy) is 2. The van der Waals surface area contributed by atoms with Crippen LogP contribution in [0.25, 0.3) is 0 Å². The van der Waals surface area contributed by atoms with E-state index >= 15 is 0 Å². The third-order valence-electron chi connectivity index (χ3n) is 5.74. The Morgan fingerprint density at radius 3 is 2.75 bits per heavy atom. The highest BCUT2D eigenvalue weighted by Crippen LogP contribution is 2.40. The van der Waals surface area contributed by atoms with Gasteiger partial charge in [-0.2, -0.15) is 0 Å². The van der Waals surface area contributed by atoms with Crippen LogP contribution in [0.4, 0.5) is 0 Å². The zero-order valence-corrected chi connectivity index (χ0v) is 16.7. The molecule has 2 amide bonds. The summed E-state index contributed by atoms with van der Waals surface area (Å²) in [6.07, 6.45) is 2.18. The van der Waals surface area contributed by atoms with Crippen LogP contribution < -0.4 is 5.32 Å². The van der Waals surface area contributed by atoms with Gasteiger partial charge in [-0.25, -0.2) is 4.98 Å². The second-order valence-corrected chi connectivity index (χ2v) is 7.85. The molecule has 1 aromatic rings. The van der Waals surface area contributed by atoms with Gasteiger partial charge in [-0.1, -0.05) is 0 Å². The molecule has 2 aliphatic heterocycles. The molecule has 3 heterocycles. The van der Waals surface area contributed by atoms with Crippen LogP contribution in [0, 0.1) is 6.92 Å². The van der Waals surface area contributed by atoms with Crippen molar-refractivity contribution in [1.82, 2.24) is 15.2 Å². The van der Waals surface area contributed by atoms with Gasteiger partial charge in [-0.3, -0.25) is 9.59 Å². The highest BCUT2D eigenvalue weighted by molar-refractivity contribution is 5.92. The van der Waals surface area contributed by atoms with Crippen LogP contribution in [-0.2, 0) is 14.3 Å². The summed E-state index contributed by atoms with van der Waals surface area (Å²) >= 11 is 0. The minimum Gasteiger partial charge on any atom is -0.438 e. The van der Waals surface area contributed by atoms with Crippen molar-refractivity contribution in [3.63, 3.8) is 0 Å². The fraction of sp³-hybridized carbons (Fsp3) is 0.737. The zero-order valence-electron chi connectivity index (χ0n) is 16.7. The normalized spacial score (nSPS) is 27.0. The minimum atomic E-state index is -0.805. The van der Waals surface area contributed by atoms with E-state index in [1.807, 2.05) is 13.8 Å². The fourth-order valence-electron chi connectivity index (χ4n) is 4.04. The molecule has 0 aliphatic carbocycles. The zero-order chi connectivity index (χ0) is 20.4. The molecule has 9 heteroatoms. The average Bonchev–Trinajstić information content (AvgIpc) is 3.09. The Balaban J connectivity index is 1.63. The molecule has 0 radical (unpaired) electrons. The van der Waals surface area contributed by atoms with Gasteiger partial charge in [0, 0.05) is 26.1 Å². The summed E-state index contributed by atoms with van der Waals surface area (Å²) in [6, 6.07) is 0. The van der Waals surface area contributed by atoms with Gasteiger partial charge in [-0.15, -0.1) is 0 Å². The number of amides is 2. The summed E-state index contributed by atoms with van der Waals surface area (Å²) in [5.74, 6) is -0.161. The lowest BCUT2D eigenvalue weighted by Crippen LogP contribution is -2.66. The van der Waals surface area contributed by atoms with Gasteiger partial charge < -0.3 is 29.2 Å². The number of hydrogen-bond acceptors (Lipinski definition) is 7. The van der Waals surface area contributed by atoms with Crippen LogP contribution >= 0.6 is 0 Å². The van der Waals surface area contributed by atoms with Gasteiger partial charge in [0.25, 0.3) is 5.91 Å². The Hall–Kier alpha value is -1.97. The van der Waals surface area contributed by atoms with E-state index in [0.717, 1.165) is 0 Å². The number of hydrogen-bond donors (Lipinski definition) is 2. The van der Waals surface area contributed by atoms with E-state index in [4.69, 9.17) is 13.9 Å². The van der Waals surface area contributed by atoms with Gasteiger partial charge in [-0.05, 0) is 33.6 Å². The van der Waals surface area contributed by atoms with E-state index in [1.54, 1.807) is 11.8 Å². The lowest BCUT2D eigenvalue weighted by Gasteiger charge is -2.51. The number of aromatic nitrogens is 1. The maximum atomic E-state index is 12.6. The molecule has 9 nitrogen and oxygen atoms in total. The van der Waals surface area contributed by atoms with Crippen LogP contribution in [0.2, 0.25) is 0 Å². The molecule has 3 rings (SSSR count). The first-order valence-corrected chi connectivity index (χ1v) is 9.69. The summed E-state index contributed by atoms with van der Waals surface area (Å²) in [6.45, 7) is 6.98. The molecule has 2 N–H and O–H groups in total. The second kappa shape index (κ2) is 8.18. The largest absolute Gasteiger partial charge is 0.438 e. The number of carbonyl (C=O) groups excluding carboxylic acids is 2. The summed E-state index contributed by atoms with van der Waals surface area (Å²) in [4.78, 5) is 30.5. The molecule has 0 bridgehead atoms. The molecule has 1 spiro atoms. The van der Waals surface area contributed by atoms with Crippen molar-refractivity contribution in [3.05, 3.63) is 17.8 Å². The quantitative estimate of drug-likeness (QED) is 0.752. The molecule has 0 saturated carbocycles. The molecule has 2 fully saturated rings. The van der Waals surface area contributed by atoms with E-state index in [1.165, 1.54) is 6.39 Å². The molecule has 2 atom stereocenters. The molecule has 2 saturated heterocycles. The van der Waals surface area contributed by atoms with E-state index < -0.39 is 17.2 Å². The highest BCUT2D eigenvalue weighted by atomic mass is 16.5. The molecule has 0 aromatic carbocycles. The summed E-state index contributed by atoms with van der Waals surface area (Å²) in [5, 5.41) is 13.4. The van der Waals surface area contributed by atoms with Crippen LogP contribution in [-0.4, -0.2) is 77.0 Å². The maximum absolute atomic E-state index is 12.6. The molecule has 28 heavy (non-hydrogen) atoms. The summed E-state index contributed by atoms with van der Waals surface area (Å²) in [5.41, 5.74) is -0.716. The van der Waals surface area contributed by atoms with Crippen molar-refractivity contribution in [1.29, 1.82) is 0 Å². The van der Waals surface area contributed by atoms with Crippen LogP contribution in [0.3, 0.4) is 0 Å². The number of rotatable bonds is 5. The van der Waals surface area contributed by atoms with Crippen molar-refractivity contribution in [2.75, 3.05) is 32.9 Å². The molecular weight excluding hydrogens is 366 g/mol. The Morgan fingerprint density at radius 1 is 1.43 bits per heavy atom. The monoisotopic (exact) mass is 395 g/mol. The Bertz CT molecular complexity index is 712. The number of nitrogens with one attached hydrogen (secondary N) is 1. The number of nitrogens with zero attached hydrogens (tertiary/aromatic N) is 2. The first-order valence-electron chi connectivity index (χ1n) is 9.69. The van der Waals surface area contributed by atoms with E-state index in [0.29, 0.717) is 44.7 Å². The predicted octanol–water partition coefficient (Wildman–Crippen LogP) is 0.650. The standard InChI is InChI=1S/C19H29N3O6/c1-4-26-10-15(24)21-18(3)11-19(28-9-14(18)23)5-7-22(8-6-19)17(25)16-13(2)20-12-27-16/h12,14,23H,4-11H2,1-3H3,(H,21,24)/t14-,18-/m1/s1. The van der Waals surface area contributed by atoms with E-state index in [2.05, 4.69) is 10.3 Å². The second-order valence-electron chi connectivity index (χ2n) is 7.85. The number of aryl methyl sites for hydroxylation is 1. The number of aliphatic hydroxyl groups excluding tert-OH is 1. The number of carbonyl (C=O) groups is 2. The Kier molecular flexibility index (Phi) is 6.07. The topological polar surface area (TPSA) is 114 Å². The van der Waals surface area contributed by atoms with Gasteiger partial charge in [0.1, 0.15) is 12.7 Å². The van der Waals surface area contributed by atoms with Crippen molar-refractivity contribution in [3.8, 4) is 0 Å². The van der Waals surface area contributed by atoms with Gasteiger partial charge in [0.05, 0.1) is 23.4 Å². The fourth-order valence-corrected chi connectivity index (χ4v) is 4.04. The maximum Gasteiger partial charge on any atom is 0.291 e. The summed E-state index contributed by atoms with van der Waals surface area (Å²) in [7, 11) is 0. The average molecular weight is 395 g/mol. The Labute approximate surface area is 164 Å². The van der Waals surface area contributed by atoms with Gasteiger partial charge in [0.2, 0.25) is 11.7 Å². The van der Waals surface area contributed by atoms with E-state index in [9.17, 15) is 14.7 Å². The number of aliphatic hydroxyl groups is 1. The van der Waals surface area contributed by atoms with Gasteiger partial charge >= 0.3 is 0 Å². The number of piperidine rings is 1. The van der Waals surface area contributed by atoms with Crippen molar-refractivity contribution in [2.45, 2.75) is 57.3 Å². The third kappa shape index (κ3) is 4.21. The van der Waals surface area contributed by atoms with Crippen LogP contribution in [0.1, 0.15) is 49.4 Å². The lowest BCUT2D eigenvalue weighted by atomic mass is 9.74. The molecule has 1 aromatic heterocycles. The number of likely N-dealkylation sites (tertiary alicyclic amines) is 1. The minimum absolute atomic E-state index is 0.0362. The third-order valence-corrected chi connectivity index (χ3v) is 5.74. The Morgan fingerprint density at radius 2 is 2.14 bits per heavy atom. The first kappa shape index (κ1) is 20.8. The lowest BCUT2D eigenvalue weighted by molar-refractivity contribution is -0.180. The molecule has 156 valence electrons. The molecular formula is C19H29N3O6. The number of oxazole rings is 1. The van der Waals surface area contributed by atoms with Crippen molar-refractivity contribution < 1.29 is 28.6 Å². The molecule has 0 unspecified atom stereocenters. The van der Waals surface area contributed by atoms with Crippen LogP contribution in [0.5, 0.6) is 0 Å². The predicted molar refractivity (Wildman–Crippen MR) is 98.7 cm³/mol. The smallest absolute Gasteiger partial charge is 0.291 e. The highest BCUT2D eigenvalue weighted by Gasteiger charge is 2.50. The molecule has 2 aliphatic rings. The van der Waals surface area contributed by atoms with E-state index in [-0.39, 0.29) is 30.8 Å². The van der Waals surface area contributed by atoms with Gasteiger partial charge in [0.15, 0.2) is 6.39 Å². The van der Waals surface area contributed by atoms with Crippen LogP contribution in [0.15, 0.2) is 10.8 Å². The first-order chi connectivity index (χ1) is 13.3. The van der Waals surface area contributed by atoms with Crippen molar-refractivity contribution in [2.24, 2.45) is 0 Å². The van der Waals surface area contributed by atoms with Crippen molar-refractivity contribution >= 4 is 11.8 Å². The SMILES string of the molecule is CCOCC(=O)N[C@]1(C)CC2(CCN(C(=O)c3ocnc3C)CC2)OC[C@H]1O. The summed E-state index contributed by atoms with van der Waals surface area (Å²) < 4.78 is 16.4.